The maximum Gasteiger partial charge on any atom is 0.301 e. The molecule has 0 aliphatic carbocycles. The van der Waals surface area contributed by atoms with Gasteiger partial charge < -0.3 is 15.2 Å². The Labute approximate surface area is 197 Å². The molecule has 7 nitrogen and oxygen atoms in total. The fraction of sp³-hybridized carbons (Fsp3) is 0.250. The third-order valence-corrected chi connectivity index (χ3v) is 7.11. The molecule has 0 spiro atoms. The minimum atomic E-state index is -3.80. The lowest BCUT2D eigenvalue weighted by Gasteiger charge is -2.32. The normalized spacial score (nSPS) is 15.2. The van der Waals surface area contributed by atoms with Gasteiger partial charge in [0.15, 0.2) is 11.6 Å². The number of phenolic OH excluding ortho intramolecular Hbond substituents is 1. The summed E-state index contributed by atoms with van der Waals surface area (Å²) < 4.78 is 62.0. The Kier molecular flexibility index (Phi) is 7.30. The zero-order chi connectivity index (χ0) is 24.1. The predicted molar refractivity (Wildman–Crippen MR) is 125 cm³/mol. The molecule has 0 amide bonds. The van der Waals surface area contributed by atoms with Gasteiger partial charge in [-0.25, -0.2) is 8.78 Å². The molecule has 1 aliphatic heterocycles. The smallest absolute Gasteiger partial charge is 0.301 e. The number of nitrogens with zero attached hydrogens (tertiary/aromatic N) is 1. The van der Waals surface area contributed by atoms with E-state index in [1.807, 2.05) is 12.1 Å². The van der Waals surface area contributed by atoms with Crippen molar-refractivity contribution in [1.82, 2.24) is 9.62 Å². The summed E-state index contributed by atoms with van der Waals surface area (Å²) in [4.78, 5) is 0. The van der Waals surface area contributed by atoms with Gasteiger partial charge in [-0.05, 0) is 43.2 Å². The van der Waals surface area contributed by atoms with Crippen molar-refractivity contribution in [3.8, 4) is 17.2 Å². The highest BCUT2D eigenvalue weighted by Crippen LogP contribution is 2.28. The van der Waals surface area contributed by atoms with Crippen molar-refractivity contribution in [2.75, 3.05) is 17.8 Å². The summed E-state index contributed by atoms with van der Waals surface area (Å²) in [6.45, 7) is 1.18. The molecule has 1 heterocycles. The van der Waals surface area contributed by atoms with Gasteiger partial charge in [-0.15, -0.1) is 0 Å². The Morgan fingerprint density at radius 2 is 1.76 bits per heavy atom. The van der Waals surface area contributed by atoms with E-state index in [0.29, 0.717) is 38.5 Å². The molecule has 0 aromatic heterocycles. The number of benzene rings is 3. The van der Waals surface area contributed by atoms with Gasteiger partial charge in [0.1, 0.15) is 17.3 Å². The molecule has 3 aromatic rings. The Morgan fingerprint density at radius 1 is 1.00 bits per heavy atom. The first kappa shape index (κ1) is 23.9. The first-order valence-electron chi connectivity index (χ1n) is 10.8. The van der Waals surface area contributed by atoms with Crippen molar-refractivity contribution in [3.05, 3.63) is 83.9 Å². The first-order chi connectivity index (χ1) is 16.3. The fourth-order valence-corrected chi connectivity index (χ4v) is 4.98. The maximum atomic E-state index is 13.9. The molecule has 0 saturated carbocycles. The number of anilines is 1. The Hall–Kier alpha value is -3.21. The van der Waals surface area contributed by atoms with Gasteiger partial charge in [-0.3, -0.25) is 4.72 Å². The van der Waals surface area contributed by atoms with Crippen LogP contribution in [0.3, 0.4) is 0 Å². The van der Waals surface area contributed by atoms with Crippen LogP contribution in [0.15, 0.2) is 66.7 Å². The molecule has 3 aromatic carbocycles. The number of hydrogen-bond acceptors (Lipinski definition) is 5. The van der Waals surface area contributed by atoms with E-state index in [-0.39, 0.29) is 29.0 Å². The highest BCUT2D eigenvalue weighted by Gasteiger charge is 2.28. The van der Waals surface area contributed by atoms with E-state index in [0.717, 1.165) is 11.6 Å². The second-order valence-electron chi connectivity index (χ2n) is 7.99. The average molecular weight is 490 g/mol. The fourth-order valence-electron chi connectivity index (χ4n) is 3.74. The number of rotatable bonds is 8. The van der Waals surface area contributed by atoms with Gasteiger partial charge in [0.2, 0.25) is 0 Å². The standard InChI is InChI=1S/C24H25F2N3O4S/c25-18-8-9-24(22(26)14-18)33-21-6-3-5-20(15-21)28-34(31,32)29-12-10-19(11-13-29)27-16-17-4-1-2-7-23(17)30/h1-9,14-15,19,27-28,30H,10-13,16H2. The summed E-state index contributed by atoms with van der Waals surface area (Å²) >= 11 is 0. The predicted octanol–water partition coefficient (Wildman–Crippen LogP) is 4.37. The summed E-state index contributed by atoms with van der Waals surface area (Å²) in [6, 6.07) is 16.3. The maximum absolute atomic E-state index is 13.9. The third-order valence-electron chi connectivity index (χ3n) is 5.57. The molecule has 0 bridgehead atoms. The molecule has 0 radical (unpaired) electrons. The molecule has 10 heteroatoms. The lowest BCUT2D eigenvalue weighted by atomic mass is 10.1. The van der Waals surface area contributed by atoms with E-state index in [1.165, 1.54) is 16.4 Å². The highest BCUT2D eigenvalue weighted by atomic mass is 32.2. The second-order valence-corrected chi connectivity index (χ2v) is 9.67. The number of halogens is 2. The van der Waals surface area contributed by atoms with Crippen molar-refractivity contribution in [1.29, 1.82) is 0 Å². The van der Waals surface area contributed by atoms with Crippen molar-refractivity contribution in [2.24, 2.45) is 0 Å². The summed E-state index contributed by atoms with van der Waals surface area (Å²) in [5.41, 5.74) is 1.06. The van der Waals surface area contributed by atoms with Gasteiger partial charge in [0.05, 0.1) is 5.69 Å². The van der Waals surface area contributed by atoms with Crippen LogP contribution in [-0.2, 0) is 16.8 Å². The number of aromatic hydroxyl groups is 1. The largest absolute Gasteiger partial charge is 0.508 e. The zero-order valence-corrected chi connectivity index (χ0v) is 19.1. The molecule has 1 aliphatic rings. The summed E-state index contributed by atoms with van der Waals surface area (Å²) in [5.74, 6) is -1.31. The van der Waals surface area contributed by atoms with Crippen LogP contribution in [0.5, 0.6) is 17.2 Å². The van der Waals surface area contributed by atoms with Crippen LogP contribution in [0.4, 0.5) is 14.5 Å². The highest BCUT2D eigenvalue weighted by molar-refractivity contribution is 7.90. The minimum Gasteiger partial charge on any atom is -0.508 e. The van der Waals surface area contributed by atoms with E-state index >= 15 is 0 Å². The Morgan fingerprint density at radius 3 is 2.50 bits per heavy atom. The monoisotopic (exact) mass is 489 g/mol. The molecule has 1 fully saturated rings. The van der Waals surface area contributed by atoms with Gasteiger partial charge in [-0.2, -0.15) is 12.7 Å². The number of hydrogen-bond donors (Lipinski definition) is 3. The van der Waals surface area contributed by atoms with E-state index in [9.17, 15) is 22.3 Å². The average Bonchev–Trinajstić information content (AvgIpc) is 2.81. The lowest BCUT2D eigenvalue weighted by Crippen LogP contribution is -2.46. The number of piperidine rings is 1. The molecule has 1 saturated heterocycles. The van der Waals surface area contributed by atoms with Crippen LogP contribution in [0.25, 0.3) is 0 Å². The molecule has 4 rings (SSSR count). The van der Waals surface area contributed by atoms with Gasteiger partial charge >= 0.3 is 10.2 Å². The van der Waals surface area contributed by atoms with Crippen LogP contribution in [0.2, 0.25) is 0 Å². The van der Waals surface area contributed by atoms with Gasteiger partial charge in [0, 0.05) is 43.4 Å². The Balaban J connectivity index is 1.33. The minimum absolute atomic E-state index is 0.133. The van der Waals surface area contributed by atoms with E-state index in [1.54, 1.807) is 30.3 Å². The van der Waals surface area contributed by atoms with Crippen LogP contribution in [-0.4, -0.2) is 37.0 Å². The topological polar surface area (TPSA) is 90.9 Å². The molecular formula is C24H25F2N3O4S. The van der Waals surface area contributed by atoms with Crippen LogP contribution in [0, 0.1) is 11.6 Å². The van der Waals surface area contributed by atoms with E-state index in [4.69, 9.17) is 4.74 Å². The van der Waals surface area contributed by atoms with Crippen molar-refractivity contribution in [3.63, 3.8) is 0 Å². The number of nitrogens with one attached hydrogen (secondary N) is 2. The molecule has 34 heavy (non-hydrogen) atoms. The molecule has 0 unspecified atom stereocenters. The summed E-state index contributed by atoms with van der Waals surface area (Å²) in [6.07, 6.45) is 1.25. The number of phenols is 1. The number of para-hydroxylation sites is 1. The van der Waals surface area contributed by atoms with Crippen LogP contribution < -0.4 is 14.8 Å². The van der Waals surface area contributed by atoms with Crippen molar-refractivity contribution >= 4 is 15.9 Å². The van der Waals surface area contributed by atoms with Gasteiger partial charge in [-0.1, -0.05) is 24.3 Å². The van der Waals surface area contributed by atoms with E-state index in [2.05, 4.69) is 10.0 Å². The summed E-state index contributed by atoms with van der Waals surface area (Å²) in [5, 5.41) is 13.2. The van der Waals surface area contributed by atoms with Crippen molar-refractivity contribution < 1.29 is 27.0 Å². The second kappa shape index (κ2) is 10.4. The Bertz CT molecular complexity index is 1250. The van der Waals surface area contributed by atoms with Gasteiger partial charge in [0.25, 0.3) is 0 Å². The molecule has 0 atom stereocenters. The first-order valence-corrected chi connectivity index (χ1v) is 12.3. The van der Waals surface area contributed by atoms with Crippen molar-refractivity contribution in [2.45, 2.75) is 25.4 Å². The number of ether oxygens (including phenoxy) is 1. The lowest BCUT2D eigenvalue weighted by molar-refractivity contribution is 0.289. The zero-order valence-electron chi connectivity index (χ0n) is 18.2. The molecule has 180 valence electrons. The SMILES string of the molecule is O=S(=O)(Nc1cccc(Oc2ccc(F)cc2F)c1)N1CCC(NCc2ccccc2O)CC1. The summed E-state index contributed by atoms with van der Waals surface area (Å²) in [7, 11) is -3.80. The quantitative estimate of drug-likeness (QED) is 0.437. The third kappa shape index (κ3) is 6.02. The molecular weight excluding hydrogens is 464 g/mol. The molecule has 3 N–H and O–H groups in total. The van der Waals surface area contributed by atoms with Crippen LogP contribution in [0.1, 0.15) is 18.4 Å². The van der Waals surface area contributed by atoms with E-state index < -0.39 is 21.8 Å². The van der Waals surface area contributed by atoms with Crippen LogP contribution >= 0.6 is 0 Å².